The normalized spacial score (nSPS) is 18.4. The molecule has 2 rings (SSSR count). The van der Waals surface area contributed by atoms with Crippen molar-refractivity contribution in [2.75, 3.05) is 13.1 Å². The molecule has 1 aromatic carbocycles. The molecule has 19 heavy (non-hydrogen) atoms. The van der Waals surface area contributed by atoms with E-state index < -0.39 is 0 Å². The van der Waals surface area contributed by atoms with Crippen molar-refractivity contribution in [2.45, 2.75) is 57.9 Å². The van der Waals surface area contributed by atoms with Crippen LogP contribution in [0.2, 0.25) is 5.02 Å². The molecular weight excluding hydrogens is 254 g/mol. The number of aryl methyl sites for hydroxylation is 1. The highest BCUT2D eigenvalue weighted by atomic mass is 35.5. The summed E-state index contributed by atoms with van der Waals surface area (Å²) in [5, 5.41) is 0.837. The smallest absolute Gasteiger partial charge is 0.0406 e. The SMILES string of the molecule is CCC(CCCc1ccc(Cl)cc1)N1CCCCC1. The minimum atomic E-state index is 0.799. The van der Waals surface area contributed by atoms with E-state index >= 15 is 0 Å². The molecule has 0 N–H and O–H groups in total. The van der Waals surface area contributed by atoms with Gasteiger partial charge in [-0.2, -0.15) is 0 Å². The third kappa shape index (κ3) is 4.81. The van der Waals surface area contributed by atoms with Gasteiger partial charge in [0.15, 0.2) is 0 Å². The van der Waals surface area contributed by atoms with Crippen LogP contribution in [0.3, 0.4) is 0 Å². The lowest BCUT2D eigenvalue weighted by atomic mass is 10.00. The largest absolute Gasteiger partial charge is 0.300 e. The number of hydrogen-bond donors (Lipinski definition) is 0. The summed E-state index contributed by atoms with van der Waals surface area (Å²) in [7, 11) is 0. The molecule has 1 fully saturated rings. The molecule has 1 saturated heterocycles. The molecule has 0 radical (unpaired) electrons. The maximum atomic E-state index is 5.91. The quantitative estimate of drug-likeness (QED) is 0.714. The first-order valence-electron chi connectivity index (χ1n) is 7.78. The van der Waals surface area contributed by atoms with Gasteiger partial charge in [0, 0.05) is 11.1 Å². The van der Waals surface area contributed by atoms with Gasteiger partial charge in [0.2, 0.25) is 0 Å². The molecule has 0 bridgehead atoms. The molecule has 0 aromatic heterocycles. The van der Waals surface area contributed by atoms with Crippen molar-refractivity contribution < 1.29 is 0 Å². The predicted octanol–water partition coefficient (Wildman–Crippen LogP) is 4.93. The van der Waals surface area contributed by atoms with Crippen LogP contribution in [0.1, 0.15) is 51.0 Å². The zero-order valence-corrected chi connectivity index (χ0v) is 12.8. The Morgan fingerprint density at radius 1 is 1.11 bits per heavy atom. The van der Waals surface area contributed by atoms with Gasteiger partial charge in [-0.3, -0.25) is 0 Å². The summed E-state index contributed by atoms with van der Waals surface area (Å²) in [6, 6.07) is 9.11. The monoisotopic (exact) mass is 279 g/mol. The van der Waals surface area contributed by atoms with E-state index in [-0.39, 0.29) is 0 Å². The lowest BCUT2D eigenvalue weighted by Gasteiger charge is -2.34. The molecule has 2 heteroatoms. The van der Waals surface area contributed by atoms with Gasteiger partial charge < -0.3 is 4.90 Å². The number of piperidine rings is 1. The molecule has 0 spiro atoms. The summed E-state index contributed by atoms with van der Waals surface area (Å²) in [5.41, 5.74) is 1.41. The summed E-state index contributed by atoms with van der Waals surface area (Å²) in [6.07, 6.45) is 9.32. The average molecular weight is 280 g/mol. The van der Waals surface area contributed by atoms with Crippen LogP contribution in [-0.4, -0.2) is 24.0 Å². The van der Waals surface area contributed by atoms with Crippen LogP contribution in [-0.2, 0) is 6.42 Å². The number of halogens is 1. The van der Waals surface area contributed by atoms with E-state index in [0.717, 1.165) is 11.1 Å². The maximum absolute atomic E-state index is 5.91. The van der Waals surface area contributed by atoms with Crippen LogP contribution in [0.4, 0.5) is 0 Å². The van der Waals surface area contributed by atoms with Gasteiger partial charge in [0.05, 0.1) is 0 Å². The second kappa shape index (κ2) is 7.91. The Hall–Kier alpha value is -0.530. The molecule has 1 heterocycles. The van der Waals surface area contributed by atoms with E-state index in [2.05, 4.69) is 24.0 Å². The van der Waals surface area contributed by atoms with E-state index in [9.17, 15) is 0 Å². The zero-order valence-electron chi connectivity index (χ0n) is 12.1. The van der Waals surface area contributed by atoms with Crippen LogP contribution in [0.15, 0.2) is 24.3 Å². The van der Waals surface area contributed by atoms with Crippen molar-refractivity contribution in [3.63, 3.8) is 0 Å². The van der Waals surface area contributed by atoms with Crippen molar-refractivity contribution in [3.8, 4) is 0 Å². The molecule has 0 amide bonds. The third-order valence-electron chi connectivity index (χ3n) is 4.29. The van der Waals surface area contributed by atoms with Gasteiger partial charge in [-0.05, 0) is 69.3 Å². The topological polar surface area (TPSA) is 3.24 Å². The van der Waals surface area contributed by atoms with Crippen molar-refractivity contribution >= 4 is 11.6 Å². The molecule has 1 aliphatic rings. The Morgan fingerprint density at radius 3 is 2.42 bits per heavy atom. The highest BCUT2D eigenvalue weighted by molar-refractivity contribution is 6.30. The Kier molecular flexibility index (Phi) is 6.19. The van der Waals surface area contributed by atoms with Gasteiger partial charge in [-0.25, -0.2) is 0 Å². The van der Waals surface area contributed by atoms with E-state index in [0.29, 0.717) is 0 Å². The Balaban J connectivity index is 1.74. The predicted molar refractivity (Wildman–Crippen MR) is 83.9 cm³/mol. The zero-order chi connectivity index (χ0) is 13.5. The van der Waals surface area contributed by atoms with E-state index in [4.69, 9.17) is 11.6 Å². The van der Waals surface area contributed by atoms with Crippen LogP contribution < -0.4 is 0 Å². The molecule has 0 aliphatic carbocycles. The molecule has 1 unspecified atom stereocenters. The van der Waals surface area contributed by atoms with Crippen molar-refractivity contribution in [1.29, 1.82) is 0 Å². The lowest BCUT2D eigenvalue weighted by Crippen LogP contribution is -2.38. The van der Waals surface area contributed by atoms with Crippen LogP contribution >= 0.6 is 11.6 Å². The highest BCUT2D eigenvalue weighted by Crippen LogP contribution is 2.19. The van der Waals surface area contributed by atoms with Crippen LogP contribution in [0.5, 0.6) is 0 Å². The molecule has 1 atom stereocenters. The second-order valence-corrected chi connectivity index (χ2v) is 6.11. The number of rotatable bonds is 6. The fraction of sp³-hybridized carbons (Fsp3) is 0.647. The maximum Gasteiger partial charge on any atom is 0.0406 e. The van der Waals surface area contributed by atoms with E-state index in [1.54, 1.807) is 0 Å². The summed E-state index contributed by atoms with van der Waals surface area (Å²) in [5.74, 6) is 0. The molecule has 106 valence electrons. The molecule has 1 nitrogen and oxygen atoms in total. The number of benzene rings is 1. The summed E-state index contributed by atoms with van der Waals surface area (Å²) in [6.45, 7) is 4.97. The molecule has 1 aliphatic heterocycles. The van der Waals surface area contributed by atoms with Gasteiger partial charge in [-0.1, -0.05) is 37.1 Å². The van der Waals surface area contributed by atoms with Gasteiger partial charge in [-0.15, -0.1) is 0 Å². The minimum Gasteiger partial charge on any atom is -0.300 e. The molecular formula is C17H26ClN. The summed E-state index contributed by atoms with van der Waals surface area (Å²) >= 11 is 5.91. The first-order chi connectivity index (χ1) is 9.29. The van der Waals surface area contributed by atoms with Crippen molar-refractivity contribution in [2.24, 2.45) is 0 Å². The highest BCUT2D eigenvalue weighted by Gasteiger charge is 2.18. The van der Waals surface area contributed by atoms with Gasteiger partial charge >= 0.3 is 0 Å². The van der Waals surface area contributed by atoms with Crippen molar-refractivity contribution in [3.05, 3.63) is 34.9 Å². The van der Waals surface area contributed by atoms with Crippen LogP contribution in [0, 0.1) is 0 Å². The van der Waals surface area contributed by atoms with Gasteiger partial charge in [0.25, 0.3) is 0 Å². The number of likely N-dealkylation sites (tertiary alicyclic amines) is 1. The summed E-state index contributed by atoms with van der Waals surface area (Å²) < 4.78 is 0. The van der Waals surface area contributed by atoms with Crippen LogP contribution in [0.25, 0.3) is 0 Å². The fourth-order valence-electron chi connectivity index (χ4n) is 3.12. The van der Waals surface area contributed by atoms with E-state index in [1.807, 2.05) is 12.1 Å². The number of hydrogen-bond acceptors (Lipinski definition) is 1. The molecule has 0 saturated carbocycles. The summed E-state index contributed by atoms with van der Waals surface area (Å²) in [4.78, 5) is 2.71. The van der Waals surface area contributed by atoms with Gasteiger partial charge in [0.1, 0.15) is 0 Å². The van der Waals surface area contributed by atoms with E-state index in [1.165, 1.54) is 63.6 Å². The van der Waals surface area contributed by atoms with Crippen molar-refractivity contribution in [1.82, 2.24) is 4.90 Å². The standard InChI is InChI=1S/C17H26ClN/c1-2-17(19-13-4-3-5-14-19)8-6-7-15-9-11-16(18)12-10-15/h9-12,17H,2-8,13-14H2,1H3. The number of nitrogens with zero attached hydrogens (tertiary/aromatic N) is 1. The average Bonchev–Trinajstić information content (AvgIpc) is 2.46. The Labute approximate surface area is 123 Å². The fourth-order valence-corrected chi connectivity index (χ4v) is 3.25. The third-order valence-corrected chi connectivity index (χ3v) is 4.55. The second-order valence-electron chi connectivity index (χ2n) is 5.68. The lowest BCUT2D eigenvalue weighted by molar-refractivity contribution is 0.149. The first kappa shape index (κ1) is 14.9. The first-order valence-corrected chi connectivity index (χ1v) is 8.16. The Bertz CT molecular complexity index is 354. The minimum absolute atomic E-state index is 0.799. The Morgan fingerprint density at radius 2 is 1.79 bits per heavy atom. The molecule has 1 aromatic rings.